The maximum absolute atomic E-state index is 5.86. The first-order valence-corrected chi connectivity index (χ1v) is 6.51. The highest BCUT2D eigenvalue weighted by molar-refractivity contribution is 5.52. The second-order valence-corrected chi connectivity index (χ2v) is 5.40. The summed E-state index contributed by atoms with van der Waals surface area (Å²) in [6, 6.07) is 8.52. The number of hydrogen-bond acceptors (Lipinski definition) is 2. The van der Waals surface area contributed by atoms with Gasteiger partial charge in [0.05, 0.1) is 0 Å². The van der Waals surface area contributed by atoms with Crippen LogP contribution in [0.5, 0.6) is 0 Å². The van der Waals surface area contributed by atoms with Crippen LogP contribution in [-0.2, 0) is 0 Å². The Bertz CT molecular complexity index is 333. The molecule has 1 aromatic carbocycles. The molecule has 17 heavy (non-hydrogen) atoms. The van der Waals surface area contributed by atoms with Gasteiger partial charge in [0.15, 0.2) is 0 Å². The van der Waals surface area contributed by atoms with Crippen molar-refractivity contribution in [3.8, 4) is 0 Å². The van der Waals surface area contributed by atoms with Crippen LogP contribution < -0.4 is 10.6 Å². The van der Waals surface area contributed by atoms with Crippen molar-refractivity contribution in [2.45, 2.75) is 27.2 Å². The van der Waals surface area contributed by atoms with Gasteiger partial charge in [-0.1, -0.05) is 32.0 Å². The van der Waals surface area contributed by atoms with E-state index in [9.17, 15) is 0 Å². The van der Waals surface area contributed by atoms with Crippen LogP contribution in [-0.4, -0.2) is 20.1 Å². The second kappa shape index (κ2) is 6.65. The van der Waals surface area contributed by atoms with E-state index in [0.717, 1.165) is 13.1 Å². The SMILES string of the molecule is Cc1ccccc1N(C)CC(CN)CC(C)C. The van der Waals surface area contributed by atoms with Crippen molar-refractivity contribution in [2.24, 2.45) is 17.6 Å². The predicted molar refractivity (Wildman–Crippen MR) is 76.4 cm³/mol. The molecular formula is C15H26N2. The Balaban J connectivity index is 2.64. The molecule has 0 heterocycles. The highest BCUT2D eigenvalue weighted by Crippen LogP contribution is 2.20. The normalized spacial score (nSPS) is 12.8. The molecule has 0 saturated heterocycles. The van der Waals surface area contributed by atoms with E-state index in [1.807, 2.05) is 0 Å². The fourth-order valence-corrected chi connectivity index (χ4v) is 2.39. The Morgan fingerprint density at radius 1 is 1.24 bits per heavy atom. The van der Waals surface area contributed by atoms with E-state index in [-0.39, 0.29) is 0 Å². The monoisotopic (exact) mass is 234 g/mol. The molecule has 0 fully saturated rings. The van der Waals surface area contributed by atoms with Crippen LogP contribution in [0.3, 0.4) is 0 Å². The number of anilines is 1. The van der Waals surface area contributed by atoms with Crippen molar-refractivity contribution in [3.05, 3.63) is 29.8 Å². The van der Waals surface area contributed by atoms with Gasteiger partial charge in [0, 0.05) is 19.3 Å². The maximum Gasteiger partial charge on any atom is 0.0393 e. The van der Waals surface area contributed by atoms with E-state index in [2.05, 4.69) is 57.0 Å². The van der Waals surface area contributed by atoms with Crippen LogP contribution in [0.15, 0.2) is 24.3 Å². The third-order valence-corrected chi connectivity index (χ3v) is 3.20. The van der Waals surface area contributed by atoms with Gasteiger partial charge in [-0.2, -0.15) is 0 Å². The van der Waals surface area contributed by atoms with E-state index < -0.39 is 0 Å². The van der Waals surface area contributed by atoms with Gasteiger partial charge in [0.25, 0.3) is 0 Å². The van der Waals surface area contributed by atoms with Crippen molar-refractivity contribution in [3.63, 3.8) is 0 Å². The van der Waals surface area contributed by atoms with E-state index in [4.69, 9.17) is 5.73 Å². The molecule has 2 N–H and O–H groups in total. The Labute approximate surface area is 106 Å². The van der Waals surface area contributed by atoms with Crippen molar-refractivity contribution < 1.29 is 0 Å². The summed E-state index contributed by atoms with van der Waals surface area (Å²) in [5, 5.41) is 0. The van der Waals surface area contributed by atoms with Gasteiger partial charge in [-0.3, -0.25) is 0 Å². The standard InChI is InChI=1S/C15H26N2/c1-12(2)9-14(10-16)11-17(4)15-8-6-5-7-13(15)3/h5-8,12,14H,9-11,16H2,1-4H3. The number of rotatable bonds is 6. The Morgan fingerprint density at radius 3 is 2.41 bits per heavy atom. The minimum absolute atomic E-state index is 0.583. The molecule has 0 aliphatic rings. The van der Waals surface area contributed by atoms with Crippen molar-refractivity contribution >= 4 is 5.69 Å². The van der Waals surface area contributed by atoms with Gasteiger partial charge in [0.2, 0.25) is 0 Å². The van der Waals surface area contributed by atoms with Crippen molar-refractivity contribution in [1.82, 2.24) is 0 Å². The molecule has 2 nitrogen and oxygen atoms in total. The maximum atomic E-state index is 5.86. The zero-order chi connectivity index (χ0) is 12.8. The molecule has 96 valence electrons. The lowest BCUT2D eigenvalue weighted by molar-refractivity contribution is 0.419. The Kier molecular flexibility index (Phi) is 5.49. The van der Waals surface area contributed by atoms with Gasteiger partial charge in [0.1, 0.15) is 0 Å². The molecule has 1 rings (SSSR count). The Hall–Kier alpha value is -1.02. The molecule has 0 saturated carbocycles. The second-order valence-electron chi connectivity index (χ2n) is 5.40. The minimum atomic E-state index is 0.583. The van der Waals surface area contributed by atoms with Crippen LogP contribution >= 0.6 is 0 Å². The summed E-state index contributed by atoms with van der Waals surface area (Å²) in [5.41, 5.74) is 8.50. The quantitative estimate of drug-likeness (QED) is 0.819. The summed E-state index contributed by atoms with van der Waals surface area (Å²) in [4.78, 5) is 2.33. The molecule has 0 bridgehead atoms. The number of para-hydroxylation sites is 1. The molecule has 1 aromatic rings. The third-order valence-electron chi connectivity index (χ3n) is 3.20. The van der Waals surface area contributed by atoms with Crippen LogP contribution in [0.4, 0.5) is 5.69 Å². The van der Waals surface area contributed by atoms with Gasteiger partial charge in [-0.15, -0.1) is 0 Å². The summed E-state index contributed by atoms with van der Waals surface area (Å²) in [6.07, 6.45) is 1.20. The Morgan fingerprint density at radius 2 is 1.88 bits per heavy atom. The van der Waals surface area contributed by atoms with Crippen molar-refractivity contribution in [2.75, 3.05) is 25.0 Å². The molecule has 0 aromatic heterocycles. The van der Waals surface area contributed by atoms with Crippen LogP contribution in [0.25, 0.3) is 0 Å². The zero-order valence-corrected chi connectivity index (χ0v) is 11.6. The molecule has 0 spiro atoms. The summed E-state index contributed by atoms with van der Waals surface area (Å²) >= 11 is 0. The molecule has 1 unspecified atom stereocenters. The van der Waals surface area contributed by atoms with E-state index in [1.54, 1.807) is 0 Å². The number of nitrogens with two attached hydrogens (primary N) is 1. The van der Waals surface area contributed by atoms with E-state index >= 15 is 0 Å². The fourth-order valence-electron chi connectivity index (χ4n) is 2.39. The van der Waals surface area contributed by atoms with Gasteiger partial charge in [-0.05, 0) is 43.4 Å². The first kappa shape index (κ1) is 14.0. The van der Waals surface area contributed by atoms with Gasteiger partial charge in [-0.25, -0.2) is 0 Å². The summed E-state index contributed by atoms with van der Waals surface area (Å²) in [5.74, 6) is 1.30. The first-order valence-electron chi connectivity index (χ1n) is 6.51. The van der Waals surface area contributed by atoms with Crippen LogP contribution in [0.1, 0.15) is 25.8 Å². The summed E-state index contributed by atoms with van der Waals surface area (Å²) in [7, 11) is 2.16. The largest absolute Gasteiger partial charge is 0.374 e. The first-order chi connectivity index (χ1) is 8.04. The molecule has 0 aliphatic heterocycles. The predicted octanol–water partition coefficient (Wildman–Crippen LogP) is 3.05. The topological polar surface area (TPSA) is 29.3 Å². The van der Waals surface area contributed by atoms with Gasteiger partial charge >= 0.3 is 0 Å². The van der Waals surface area contributed by atoms with E-state index in [1.165, 1.54) is 17.7 Å². The van der Waals surface area contributed by atoms with E-state index in [0.29, 0.717) is 11.8 Å². The zero-order valence-electron chi connectivity index (χ0n) is 11.6. The van der Waals surface area contributed by atoms with Gasteiger partial charge < -0.3 is 10.6 Å². The smallest absolute Gasteiger partial charge is 0.0393 e. The highest BCUT2D eigenvalue weighted by Gasteiger charge is 2.13. The van der Waals surface area contributed by atoms with Crippen LogP contribution in [0.2, 0.25) is 0 Å². The lowest BCUT2D eigenvalue weighted by Gasteiger charge is -2.27. The molecule has 0 amide bonds. The molecule has 0 aliphatic carbocycles. The average Bonchev–Trinajstić information content (AvgIpc) is 2.27. The fraction of sp³-hybridized carbons (Fsp3) is 0.600. The highest BCUT2D eigenvalue weighted by atomic mass is 15.1. The van der Waals surface area contributed by atoms with Crippen LogP contribution in [0, 0.1) is 18.8 Å². The number of aryl methyl sites for hydroxylation is 1. The molecular weight excluding hydrogens is 208 g/mol. The third kappa shape index (κ3) is 4.39. The summed E-state index contributed by atoms with van der Waals surface area (Å²) < 4.78 is 0. The summed E-state index contributed by atoms with van der Waals surface area (Å²) in [6.45, 7) is 8.49. The number of nitrogens with zero attached hydrogens (tertiary/aromatic N) is 1. The van der Waals surface area contributed by atoms with Crippen molar-refractivity contribution in [1.29, 1.82) is 0 Å². The number of hydrogen-bond donors (Lipinski definition) is 1. The molecule has 2 heteroatoms. The minimum Gasteiger partial charge on any atom is -0.374 e. The lowest BCUT2D eigenvalue weighted by Crippen LogP contribution is -2.31. The lowest BCUT2D eigenvalue weighted by atomic mass is 9.96. The molecule has 0 radical (unpaired) electrons. The number of benzene rings is 1. The average molecular weight is 234 g/mol. The molecule has 1 atom stereocenters.